The van der Waals surface area contributed by atoms with E-state index in [0.29, 0.717) is 12.1 Å². The van der Waals surface area contributed by atoms with Gasteiger partial charge in [0.05, 0.1) is 12.6 Å². The molecule has 1 aliphatic carbocycles. The van der Waals surface area contributed by atoms with Gasteiger partial charge in [-0.2, -0.15) is 0 Å². The van der Waals surface area contributed by atoms with Crippen LogP contribution in [-0.2, 0) is 19.9 Å². The average molecular weight is 370 g/mol. The molecule has 1 aliphatic rings. The van der Waals surface area contributed by atoms with Gasteiger partial charge in [-0.15, -0.1) is 0 Å². The molecule has 2 aromatic rings. The third-order valence-corrected chi connectivity index (χ3v) is 5.29. The van der Waals surface area contributed by atoms with Gasteiger partial charge < -0.3 is 19.7 Å². The summed E-state index contributed by atoms with van der Waals surface area (Å²) in [5.74, 6) is -0.310. The van der Waals surface area contributed by atoms with Crippen molar-refractivity contribution in [2.24, 2.45) is 7.05 Å². The Balaban J connectivity index is 1.87. The monoisotopic (exact) mass is 370 g/mol. The lowest BCUT2D eigenvalue weighted by Gasteiger charge is -2.26. The van der Waals surface area contributed by atoms with E-state index in [4.69, 9.17) is 0 Å². The Labute approximate surface area is 158 Å². The van der Waals surface area contributed by atoms with Gasteiger partial charge in [-0.25, -0.2) is 0 Å². The summed E-state index contributed by atoms with van der Waals surface area (Å²) in [6.45, 7) is 2.24. The second-order valence-corrected chi connectivity index (χ2v) is 7.06. The first kappa shape index (κ1) is 19.2. The summed E-state index contributed by atoms with van der Waals surface area (Å²) in [6, 6.07) is 8.07. The van der Waals surface area contributed by atoms with Gasteiger partial charge in [-0.3, -0.25) is 9.59 Å². The first-order valence-electron chi connectivity index (χ1n) is 9.40. The van der Waals surface area contributed by atoms with Crippen LogP contribution in [0.15, 0.2) is 35.1 Å². The van der Waals surface area contributed by atoms with Crippen molar-refractivity contribution in [1.82, 2.24) is 9.47 Å². The van der Waals surface area contributed by atoms with Crippen molar-refractivity contribution in [3.63, 3.8) is 0 Å². The van der Waals surface area contributed by atoms with Crippen molar-refractivity contribution < 1.29 is 15.0 Å². The van der Waals surface area contributed by atoms with Crippen molar-refractivity contribution in [1.29, 1.82) is 0 Å². The molecule has 0 saturated carbocycles. The van der Waals surface area contributed by atoms with E-state index in [1.54, 1.807) is 29.8 Å². The third-order valence-electron chi connectivity index (χ3n) is 5.29. The summed E-state index contributed by atoms with van der Waals surface area (Å²) < 4.78 is 1.60. The molecule has 3 rings (SSSR count). The quantitative estimate of drug-likeness (QED) is 0.845. The molecule has 0 spiro atoms. The fraction of sp³-hybridized carbons (Fsp3) is 0.429. The number of aryl methyl sites for hydroxylation is 1. The smallest absolute Gasteiger partial charge is 0.263 e. The zero-order valence-corrected chi connectivity index (χ0v) is 15.8. The van der Waals surface area contributed by atoms with E-state index in [2.05, 4.69) is 0 Å². The van der Waals surface area contributed by atoms with Crippen LogP contribution in [0.2, 0.25) is 0 Å². The van der Waals surface area contributed by atoms with Crippen LogP contribution in [0.4, 0.5) is 0 Å². The third kappa shape index (κ3) is 3.90. The van der Waals surface area contributed by atoms with Crippen molar-refractivity contribution in [3.05, 3.63) is 63.1 Å². The number of benzene rings is 1. The molecule has 1 aromatic heterocycles. The topological polar surface area (TPSA) is 82.8 Å². The molecular weight excluding hydrogens is 344 g/mol. The van der Waals surface area contributed by atoms with E-state index in [9.17, 15) is 19.8 Å². The van der Waals surface area contributed by atoms with Crippen LogP contribution >= 0.6 is 0 Å². The van der Waals surface area contributed by atoms with Gasteiger partial charge in [-0.05, 0) is 61.9 Å². The molecule has 1 atom stereocenters. The fourth-order valence-electron chi connectivity index (χ4n) is 3.72. The number of phenolic OH excluding ortho intramolecular Hbond substituents is 1. The SMILES string of the molecule is CCN(CC(O)c1cccc(O)c1)C(=O)c1cc2c(n(C)c1=O)CCCC2. The van der Waals surface area contributed by atoms with Gasteiger partial charge in [0.15, 0.2) is 0 Å². The van der Waals surface area contributed by atoms with Crippen LogP contribution in [0.25, 0.3) is 0 Å². The summed E-state index contributed by atoms with van der Waals surface area (Å²) in [5, 5.41) is 20.1. The van der Waals surface area contributed by atoms with E-state index in [1.165, 1.54) is 17.0 Å². The maximum atomic E-state index is 13.0. The number of aliphatic hydroxyl groups excluding tert-OH is 1. The normalized spacial score (nSPS) is 14.5. The van der Waals surface area contributed by atoms with Gasteiger partial charge in [0.2, 0.25) is 0 Å². The number of nitrogens with zero attached hydrogens (tertiary/aromatic N) is 2. The van der Waals surface area contributed by atoms with E-state index in [1.807, 2.05) is 6.92 Å². The van der Waals surface area contributed by atoms with E-state index in [-0.39, 0.29) is 29.3 Å². The van der Waals surface area contributed by atoms with Crippen LogP contribution < -0.4 is 5.56 Å². The highest BCUT2D eigenvalue weighted by molar-refractivity contribution is 5.94. The van der Waals surface area contributed by atoms with E-state index < -0.39 is 6.10 Å². The number of aliphatic hydroxyl groups is 1. The summed E-state index contributed by atoms with van der Waals surface area (Å²) in [4.78, 5) is 27.2. The molecule has 144 valence electrons. The van der Waals surface area contributed by atoms with Crippen LogP contribution in [0.3, 0.4) is 0 Å². The number of hydrogen-bond donors (Lipinski definition) is 2. The summed E-state index contributed by atoms with van der Waals surface area (Å²) in [7, 11) is 1.72. The van der Waals surface area contributed by atoms with Crippen LogP contribution in [-0.4, -0.2) is 38.7 Å². The molecule has 1 unspecified atom stereocenters. The number of likely N-dealkylation sites (N-methyl/N-ethyl adjacent to an activating group) is 1. The number of aromatic hydroxyl groups is 1. The van der Waals surface area contributed by atoms with Gasteiger partial charge >= 0.3 is 0 Å². The fourth-order valence-corrected chi connectivity index (χ4v) is 3.72. The predicted molar refractivity (Wildman–Crippen MR) is 103 cm³/mol. The molecule has 1 aromatic carbocycles. The molecule has 0 aliphatic heterocycles. The largest absolute Gasteiger partial charge is 0.508 e. The lowest BCUT2D eigenvalue weighted by molar-refractivity contribution is 0.0632. The molecular formula is C21H26N2O4. The van der Waals surface area contributed by atoms with Crippen molar-refractivity contribution in [2.75, 3.05) is 13.1 Å². The van der Waals surface area contributed by atoms with Gasteiger partial charge in [-0.1, -0.05) is 12.1 Å². The van der Waals surface area contributed by atoms with E-state index >= 15 is 0 Å². The van der Waals surface area contributed by atoms with Crippen LogP contribution in [0, 0.1) is 0 Å². The molecule has 1 heterocycles. The highest BCUT2D eigenvalue weighted by atomic mass is 16.3. The molecule has 0 radical (unpaired) electrons. The molecule has 0 bridgehead atoms. The molecule has 6 nitrogen and oxygen atoms in total. The molecule has 6 heteroatoms. The van der Waals surface area contributed by atoms with Crippen LogP contribution in [0.5, 0.6) is 5.75 Å². The minimum atomic E-state index is -0.942. The Bertz CT molecular complexity index is 904. The minimum Gasteiger partial charge on any atom is -0.508 e. The van der Waals surface area contributed by atoms with Gasteiger partial charge in [0.25, 0.3) is 11.5 Å². The zero-order chi connectivity index (χ0) is 19.6. The number of carbonyl (C=O) groups is 1. The number of hydrogen-bond acceptors (Lipinski definition) is 4. The van der Waals surface area contributed by atoms with E-state index in [0.717, 1.165) is 36.9 Å². The highest BCUT2D eigenvalue weighted by Gasteiger charge is 2.24. The van der Waals surface area contributed by atoms with Crippen molar-refractivity contribution in [2.45, 2.75) is 38.7 Å². The number of fused-ring (bicyclic) bond motifs is 1. The maximum absolute atomic E-state index is 13.0. The lowest BCUT2D eigenvalue weighted by atomic mass is 9.94. The molecule has 27 heavy (non-hydrogen) atoms. The zero-order valence-electron chi connectivity index (χ0n) is 15.8. The number of aromatic nitrogens is 1. The molecule has 0 saturated heterocycles. The molecule has 2 N–H and O–H groups in total. The Morgan fingerprint density at radius 1 is 1.26 bits per heavy atom. The molecule has 1 amide bonds. The summed E-state index contributed by atoms with van der Waals surface area (Å²) >= 11 is 0. The Hall–Kier alpha value is -2.60. The Morgan fingerprint density at radius 3 is 2.70 bits per heavy atom. The first-order chi connectivity index (χ1) is 12.9. The number of amides is 1. The second-order valence-electron chi connectivity index (χ2n) is 7.06. The Kier molecular flexibility index (Phi) is 5.65. The standard InChI is InChI=1S/C21H26N2O4/c1-3-23(13-19(25)15-8-6-9-16(24)11-15)21(27)17-12-14-7-4-5-10-18(14)22(2)20(17)26/h6,8-9,11-12,19,24-25H,3-5,7,10,13H2,1-2H3. The summed E-state index contributed by atoms with van der Waals surface area (Å²) in [5.41, 5.74) is 2.48. The summed E-state index contributed by atoms with van der Waals surface area (Å²) in [6.07, 6.45) is 2.92. The van der Waals surface area contributed by atoms with Crippen molar-refractivity contribution in [3.8, 4) is 5.75 Å². The number of rotatable bonds is 5. The van der Waals surface area contributed by atoms with Gasteiger partial charge in [0, 0.05) is 19.3 Å². The van der Waals surface area contributed by atoms with Crippen LogP contribution in [0.1, 0.15) is 53.0 Å². The highest BCUT2D eigenvalue weighted by Crippen LogP contribution is 2.22. The Morgan fingerprint density at radius 2 is 2.00 bits per heavy atom. The second kappa shape index (κ2) is 7.96. The maximum Gasteiger partial charge on any atom is 0.263 e. The van der Waals surface area contributed by atoms with Crippen molar-refractivity contribution >= 4 is 5.91 Å². The lowest BCUT2D eigenvalue weighted by Crippen LogP contribution is -2.39. The first-order valence-corrected chi connectivity index (χ1v) is 9.40. The predicted octanol–water partition coefficient (Wildman–Crippen LogP) is 2.17. The number of phenols is 1. The molecule has 0 fully saturated rings. The number of carbonyl (C=O) groups excluding carboxylic acids is 1. The number of pyridine rings is 1. The van der Waals surface area contributed by atoms with Gasteiger partial charge in [0.1, 0.15) is 11.3 Å². The minimum absolute atomic E-state index is 0.0546. The average Bonchev–Trinajstić information content (AvgIpc) is 2.68.